The molecule has 0 aliphatic carbocycles. The van der Waals surface area contributed by atoms with Gasteiger partial charge >= 0.3 is 0 Å². The van der Waals surface area contributed by atoms with Crippen LogP contribution in [0.2, 0.25) is 0 Å². The third-order valence-electron chi connectivity index (χ3n) is 4.71. The summed E-state index contributed by atoms with van der Waals surface area (Å²) in [4.78, 5) is 6.61. The molecule has 0 spiro atoms. The van der Waals surface area contributed by atoms with Gasteiger partial charge in [0.25, 0.3) is 0 Å². The van der Waals surface area contributed by atoms with Gasteiger partial charge in [-0.3, -0.25) is 0 Å². The minimum atomic E-state index is -0.879. The second kappa shape index (κ2) is 8.01. The van der Waals surface area contributed by atoms with Crippen LogP contribution in [-0.4, -0.2) is 36.4 Å². The Balaban J connectivity index is 1.78. The van der Waals surface area contributed by atoms with Crippen molar-refractivity contribution in [1.82, 2.24) is 4.98 Å². The van der Waals surface area contributed by atoms with Crippen molar-refractivity contribution in [3.63, 3.8) is 0 Å². The first-order chi connectivity index (χ1) is 13.5. The fourth-order valence-electron chi connectivity index (χ4n) is 2.88. The van der Waals surface area contributed by atoms with E-state index < -0.39 is 11.2 Å². The summed E-state index contributed by atoms with van der Waals surface area (Å²) in [5.41, 5.74) is 3.30. The molecule has 154 valence electrons. The quantitative estimate of drug-likeness (QED) is 0.605. The molecule has 0 aliphatic heterocycles. The summed E-state index contributed by atoms with van der Waals surface area (Å²) in [6.45, 7) is 7.67. The van der Waals surface area contributed by atoms with E-state index in [1.807, 2.05) is 58.3 Å². The average molecular weight is 395 g/mol. The number of hydrogen-bond donors (Lipinski definition) is 1. The van der Waals surface area contributed by atoms with E-state index in [-0.39, 0.29) is 6.61 Å². The highest BCUT2D eigenvalue weighted by Crippen LogP contribution is 2.29. The van der Waals surface area contributed by atoms with E-state index in [1.54, 1.807) is 13.8 Å². The summed E-state index contributed by atoms with van der Waals surface area (Å²) in [5.74, 6) is 0.559. The van der Waals surface area contributed by atoms with Crippen molar-refractivity contribution in [1.29, 1.82) is 0 Å². The Labute approximate surface area is 172 Å². The smallest absolute Gasteiger partial charge is 0.220 e. The predicted octanol–water partition coefficient (Wildman–Crippen LogP) is 5.09. The van der Waals surface area contributed by atoms with Crippen LogP contribution < -0.4 is 4.90 Å². The Morgan fingerprint density at radius 1 is 1.03 bits per heavy atom. The molecular formula is C24H30N2O3. The van der Waals surface area contributed by atoms with Crippen LogP contribution in [0.25, 0.3) is 23.3 Å². The third-order valence-corrected chi connectivity index (χ3v) is 4.71. The van der Waals surface area contributed by atoms with Gasteiger partial charge in [0.05, 0.1) is 17.8 Å². The largest absolute Gasteiger partial charge is 0.437 e. The second-order valence-corrected chi connectivity index (χ2v) is 8.67. The molecule has 0 radical (unpaired) electrons. The van der Waals surface area contributed by atoms with E-state index in [0.717, 1.165) is 22.3 Å². The van der Waals surface area contributed by atoms with Gasteiger partial charge in [-0.15, -0.1) is 0 Å². The molecule has 0 aliphatic rings. The first kappa shape index (κ1) is 21.1. The minimum Gasteiger partial charge on any atom is -0.437 e. The van der Waals surface area contributed by atoms with E-state index in [2.05, 4.69) is 34.1 Å². The third kappa shape index (κ3) is 5.46. The maximum absolute atomic E-state index is 9.93. The molecule has 0 fully saturated rings. The SMILES string of the molecule is CN(C)c1ccc(/C=C/c2nc3ccc(C(C)(C)OCC(C)(C)O)cc3o2)cc1. The van der Waals surface area contributed by atoms with Gasteiger partial charge < -0.3 is 19.2 Å². The molecule has 3 rings (SSSR count). The van der Waals surface area contributed by atoms with Gasteiger partial charge in [0.15, 0.2) is 5.58 Å². The van der Waals surface area contributed by atoms with Crippen LogP contribution in [0.1, 0.15) is 44.7 Å². The molecule has 0 unspecified atom stereocenters. The molecule has 0 amide bonds. The molecule has 1 heterocycles. The number of nitrogens with zero attached hydrogens (tertiary/aromatic N) is 2. The maximum atomic E-state index is 9.93. The minimum absolute atomic E-state index is 0.245. The molecule has 5 heteroatoms. The highest BCUT2D eigenvalue weighted by molar-refractivity contribution is 5.77. The highest BCUT2D eigenvalue weighted by Gasteiger charge is 2.25. The number of rotatable bonds is 7. The second-order valence-electron chi connectivity index (χ2n) is 8.67. The molecule has 1 aromatic heterocycles. The molecule has 3 aromatic rings. The number of aromatic nitrogens is 1. The lowest BCUT2D eigenvalue weighted by molar-refractivity contribution is -0.0944. The molecule has 29 heavy (non-hydrogen) atoms. The Bertz CT molecular complexity index is 993. The van der Waals surface area contributed by atoms with Crippen LogP contribution in [0, 0.1) is 0 Å². The van der Waals surface area contributed by atoms with Crippen molar-refractivity contribution in [2.45, 2.75) is 38.9 Å². The van der Waals surface area contributed by atoms with Gasteiger partial charge in [0.2, 0.25) is 5.89 Å². The first-order valence-corrected chi connectivity index (χ1v) is 9.76. The number of hydrogen-bond acceptors (Lipinski definition) is 5. The number of fused-ring (bicyclic) bond motifs is 1. The lowest BCUT2D eigenvalue weighted by Gasteiger charge is -2.29. The lowest BCUT2D eigenvalue weighted by Crippen LogP contribution is -2.32. The summed E-state index contributed by atoms with van der Waals surface area (Å²) >= 11 is 0. The predicted molar refractivity (Wildman–Crippen MR) is 119 cm³/mol. The van der Waals surface area contributed by atoms with Crippen LogP contribution in [0.15, 0.2) is 46.9 Å². The number of benzene rings is 2. The van der Waals surface area contributed by atoms with E-state index >= 15 is 0 Å². The molecule has 1 N–H and O–H groups in total. The van der Waals surface area contributed by atoms with E-state index in [4.69, 9.17) is 9.15 Å². The molecule has 0 saturated carbocycles. The number of oxazole rings is 1. The van der Waals surface area contributed by atoms with E-state index in [0.29, 0.717) is 11.5 Å². The molecule has 2 aromatic carbocycles. The highest BCUT2D eigenvalue weighted by atomic mass is 16.5. The Hall–Kier alpha value is -2.63. The molecule has 0 saturated heterocycles. The van der Waals surface area contributed by atoms with Crippen molar-refractivity contribution in [2.24, 2.45) is 0 Å². The molecule has 0 bridgehead atoms. The first-order valence-electron chi connectivity index (χ1n) is 9.76. The maximum Gasteiger partial charge on any atom is 0.220 e. The Kier molecular flexibility index (Phi) is 5.82. The zero-order valence-electron chi connectivity index (χ0n) is 18.1. The van der Waals surface area contributed by atoms with Crippen molar-refractivity contribution in [2.75, 3.05) is 25.6 Å². The van der Waals surface area contributed by atoms with Crippen LogP contribution in [0.3, 0.4) is 0 Å². The Morgan fingerprint density at radius 3 is 2.34 bits per heavy atom. The van der Waals surface area contributed by atoms with Gasteiger partial charge in [0, 0.05) is 25.9 Å². The van der Waals surface area contributed by atoms with Crippen molar-refractivity contribution in [3.05, 3.63) is 59.5 Å². The zero-order chi connectivity index (χ0) is 21.2. The van der Waals surface area contributed by atoms with Gasteiger partial charge in [-0.25, -0.2) is 4.98 Å². The zero-order valence-corrected chi connectivity index (χ0v) is 18.1. The number of anilines is 1. The lowest BCUT2D eigenvalue weighted by atomic mass is 9.97. The summed E-state index contributed by atoms with van der Waals surface area (Å²) < 4.78 is 11.9. The van der Waals surface area contributed by atoms with Crippen LogP contribution >= 0.6 is 0 Å². The van der Waals surface area contributed by atoms with Gasteiger partial charge in [-0.05, 0) is 69.2 Å². The summed E-state index contributed by atoms with van der Waals surface area (Å²) in [6, 6.07) is 14.2. The Morgan fingerprint density at radius 2 is 1.72 bits per heavy atom. The fraction of sp³-hybridized carbons (Fsp3) is 0.375. The normalized spacial score (nSPS) is 12.8. The van der Waals surface area contributed by atoms with Gasteiger partial charge in [0.1, 0.15) is 5.52 Å². The fourth-order valence-corrected chi connectivity index (χ4v) is 2.88. The van der Waals surface area contributed by atoms with Crippen molar-refractivity contribution in [3.8, 4) is 0 Å². The number of ether oxygens (including phenoxy) is 1. The molecule has 5 nitrogen and oxygen atoms in total. The van der Waals surface area contributed by atoms with E-state index in [1.165, 1.54) is 0 Å². The number of aliphatic hydroxyl groups is 1. The molecule has 0 atom stereocenters. The molecular weight excluding hydrogens is 364 g/mol. The van der Waals surface area contributed by atoms with Gasteiger partial charge in [-0.2, -0.15) is 0 Å². The summed E-state index contributed by atoms with van der Waals surface area (Å²) in [5, 5.41) is 9.93. The van der Waals surface area contributed by atoms with Crippen LogP contribution in [0.5, 0.6) is 0 Å². The standard InChI is InChI=1S/C24H30N2O3/c1-23(2,27)16-28-24(3,4)18-10-13-20-21(15-18)29-22(25-20)14-9-17-7-11-19(12-8-17)26(5)6/h7-15,27H,16H2,1-6H3/b14-9+. The van der Waals surface area contributed by atoms with Crippen molar-refractivity contribution >= 4 is 28.9 Å². The average Bonchev–Trinajstić information content (AvgIpc) is 3.07. The van der Waals surface area contributed by atoms with Crippen molar-refractivity contribution < 1.29 is 14.3 Å². The van der Waals surface area contributed by atoms with E-state index in [9.17, 15) is 5.11 Å². The summed E-state index contributed by atoms with van der Waals surface area (Å²) in [7, 11) is 4.04. The van der Waals surface area contributed by atoms with Crippen LogP contribution in [0.4, 0.5) is 5.69 Å². The monoisotopic (exact) mass is 394 g/mol. The topological polar surface area (TPSA) is 58.7 Å². The summed E-state index contributed by atoms with van der Waals surface area (Å²) in [6.07, 6.45) is 3.86. The van der Waals surface area contributed by atoms with Gasteiger partial charge in [-0.1, -0.05) is 18.2 Å². The van der Waals surface area contributed by atoms with Crippen LogP contribution in [-0.2, 0) is 10.3 Å².